The predicted octanol–water partition coefficient (Wildman–Crippen LogP) is 1.08. The third-order valence-electron chi connectivity index (χ3n) is 1.79. The SMILES string of the molecule is CC(C)c1cc(=O)[nH]c(O)c1C#N. The zero-order valence-electron chi connectivity index (χ0n) is 7.46. The second-order valence-electron chi connectivity index (χ2n) is 3.08. The van der Waals surface area contributed by atoms with Crippen LogP contribution in [0.2, 0.25) is 0 Å². The maximum atomic E-state index is 11.0. The molecule has 2 N–H and O–H groups in total. The molecule has 1 heterocycles. The van der Waals surface area contributed by atoms with Gasteiger partial charge < -0.3 is 5.11 Å². The number of nitrogens with zero attached hydrogens (tertiary/aromatic N) is 1. The van der Waals surface area contributed by atoms with Gasteiger partial charge in [0.1, 0.15) is 11.6 Å². The quantitative estimate of drug-likeness (QED) is 0.675. The van der Waals surface area contributed by atoms with Gasteiger partial charge in [0.2, 0.25) is 5.88 Å². The van der Waals surface area contributed by atoms with E-state index in [0.29, 0.717) is 5.56 Å². The molecule has 0 aliphatic rings. The maximum Gasteiger partial charge on any atom is 0.251 e. The van der Waals surface area contributed by atoms with E-state index in [2.05, 4.69) is 4.98 Å². The van der Waals surface area contributed by atoms with Gasteiger partial charge in [0.05, 0.1) is 0 Å². The molecule has 0 aliphatic carbocycles. The van der Waals surface area contributed by atoms with Crippen LogP contribution in [-0.2, 0) is 0 Å². The van der Waals surface area contributed by atoms with Gasteiger partial charge in [0, 0.05) is 6.07 Å². The average Bonchev–Trinajstić information content (AvgIpc) is 2.02. The van der Waals surface area contributed by atoms with Crippen molar-refractivity contribution in [2.45, 2.75) is 19.8 Å². The summed E-state index contributed by atoms with van der Waals surface area (Å²) >= 11 is 0. The molecule has 1 aromatic rings. The van der Waals surface area contributed by atoms with Gasteiger partial charge >= 0.3 is 0 Å². The van der Waals surface area contributed by atoms with Crippen molar-refractivity contribution in [1.29, 1.82) is 5.26 Å². The summed E-state index contributed by atoms with van der Waals surface area (Å²) in [6.07, 6.45) is 0. The smallest absolute Gasteiger partial charge is 0.251 e. The Balaban J connectivity index is 3.50. The van der Waals surface area contributed by atoms with Gasteiger partial charge in [0.15, 0.2) is 0 Å². The van der Waals surface area contributed by atoms with E-state index in [1.54, 1.807) is 0 Å². The third kappa shape index (κ3) is 1.70. The van der Waals surface area contributed by atoms with E-state index >= 15 is 0 Å². The average molecular weight is 178 g/mol. The second-order valence-corrected chi connectivity index (χ2v) is 3.08. The van der Waals surface area contributed by atoms with Gasteiger partial charge in [-0.1, -0.05) is 13.8 Å². The van der Waals surface area contributed by atoms with Crippen LogP contribution >= 0.6 is 0 Å². The van der Waals surface area contributed by atoms with Crippen molar-refractivity contribution in [3.05, 3.63) is 27.5 Å². The van der Waals surface area contributed by atoms with Crippen LogP contribution in [-0.4, -0.2) is 10.1 Å². The van der Waals surface area contributed by atoms with Crippen molar-refractivity contribution in [3.63, 3.8) is 0 Å². The molecule has 0 fully saturated rings. The molecule has 0 bridgehead atoms. The van der Waals surface area contributed by atoms with Crippen LogP contribution in [0, 0.1) is 11.3 Å². The summed E-state index contributed by atoms with van der Waals surface area (Å²) in [6.45, 7) is 3.71. The number of pyridine rings is 1. The Kier molecular flexibility index (Phi) is 2.38. The lowest BCUT2D eigenvalue weighted by Gasteiger charge is -2.07. The van der Waals surface area contributed by atoms with E-state index < -0.39 is 0 Å². The monoisotopic (exact) mass is 178 g/mol. The number of rotatable bonds is 1. The summed E-state index contributed by atoms with van der Waals surface area (Å²) in [4.78, 5) is 13.1. The minimum Gasteiger partial charge on any atom is -0.494 e. The van der Waals surface area contributed by atoms with Gasteiger partial charge in [0.25, 0.3) is 5.56 Å². The lowest BCUT2D eigenvalue weighted by Crippen LogP contribution is -2.08. The second kappa shape index (κ2) is 3.31. The minimum absolute atomic E-state index is 0.0443. The van der Waals surface area contributed by atoms with Gasteiger partial charge in [-0.15, -0.1) is 0 Å². The summed E-state index contributed by atoms with van der Waals surface area (Å²) in [6, 6.07) is 3.19. The lowest BCUT2D eigenvalue weighted by molar-refractivity contribution is 0.448. The van der Waals surface area contributed by atoms with Crippen LogP contribution in [0.5, 0.6) is 5.88 Å². The normalized spacial score (nSPS) is 10.0. The summed E-state index contributed by atoms with van der Waals surface area (Å²) in [5.74, 6) is -0.304. The minimum atomic E-state index is -0.389. The van der Waals surface area contributed by atoms with Crippen LogP contribution in [0.3, 0.4) is 0 Å². The number of nitriles is 1. The zero-order chi connectivity index (χ0) is 10.0. The molecule has 0 atom stereocenters. The first kappa shape index (κ1) is 9.33. The summed E-state index contributed by atoms with van der Waals surface area (Å²) in [5.41, 5.74) is 0.332. The summed E-state index contributed by atoms with van der Waals surface area (Å²) < 4.78 is 0. The maximum absolute atomic E-state index is 11.0. The highest BCUT2D eigenvalue weighted by Gasteiger charge is 2.11. The molecule has 0 saturated carbocycles. The number of hydrogen-bond acceptors (Lipinski definition) is 3. The molecular weight excluding hydrogens is 168 g/mol. The molecular formula is C9H10N2O2. The van der Waals surface area contributed by atoms with E-state index in [0.717, 1.165) is 0 Å². The Morgan fingerprint density at radius 1 is 1.62 bits per heavy atom. The number of hydrogen-bond donors (Lipinski definition) is 2. The van der Waals surface area contributed by atoms with E-state index in [1.165, 1.54) is 6.07 Å². The molecule has 1 rings (SSSR count). The van der Waals surface area contributed by atoms with Gasteiger partial charge in [-0.2, -0.15) is 5.26 Å². The van der Waals surface area contributed by atoms with Crippen molar-refractivity contribution in [2.24, 2.45) is 0 Å². The number of aromatic hydroxyl groups is 1. The first-order valence-electron chi connectivity index (χ1n) is 3.92. The molecule has 13 heavy (non-hydrogen) atoms. The van der Waals surface area contributed by atoms with Crippen molar-refractivity contribution in [1.82, 2.24) is 4.98 Å². The molecule has 0 radical (unpaired) electrons. The number of aromatic amines is 1. The van der Waals surface area contributed by atoms with E-state index in [1.807, 2.05) is 19.9 Å². The summed E-state index contributed by atoms with van der Waals surface area (Å²) in [7, 11) is 0. The largest absolute Gasteiger partial charge is 0.494 e. The van der Waals surface area contributed by atoms with Crippen LogP contribution in [0.1, 0.15) is 30.9 Å². The molecule has 0 aliphatic heterocycles. The number of nitrogens with one attached hydrogen (secondary N) is 1. The summed E-state index contributed by atoms with van der Waals surface area (Å²) in [5, 5.41) is 18.0. The highest BCUT2D eigenvalue weighted by atomic mass is 16.3. The third-order valence-corrected chi connectivity index (χ3v) is 1.79. The molecule has 0 amide bonds. The topological polar surface area (TPSA) is 76.9 Å². The van der Waals surface area contributed by atoms with Crippen molar-refractivity contribution in [2.75, 3.05) is 0 Å². The van der Waals surface area contributed by atoms with Crippen LogP contribution in [0.15, 0.2) is 10.9 Å². The Morgan fingerprint density at radius 2 is 2.23 bits per heavy atom. The molecule has 0 saturated heterocycles. The lowest BCUT2D eigenvalue weighted by atomic mass is 10.00. The number of aromatic nitrogens is 1. The van der Waals surface area contributed by atoms with Crippen molar-refractivity contribution < 1.29 is 5.11 Å². The standard InChI is InChI=1S/C9H10N2O2/c1-5(2)6-3-8(12)11-9(13)7(6)4-10/h3,5H,1-2H3,(H2,11,12,13). The number of H-pyrrole nitrogens is 1. The highest BCUT2D eigenvalue weighted by molar-refractivity contribution is 5.44. The van der Waals surface area contributed by atoms with Crippen LogP contribution in [0.25, 0.3) is 0 Å². The molecule has 0 spiro atoms. The molecule has 0 unspecified atom stereocenters. The van der Waals surface area contributed by atoms with Gasteiger partial charge in [-0.3, -0.25) is 9.78 Å². The van der Waals surface area contributed by atoms with Crippen LogP contribution < -0.4 is 5.56 Å². The zero-order valence-corrected chi connectivity index (χ0v) is 7.46. The Bertz CT molecular complexity index is 413. The Labute approximate surface area is 75.5 Å². The Morgan fingerprint density at radius 3 is 2.69 bits per heavy atom. The van der Waals surface area contributed by atoms with E-state index in [-0.39, 0.29) is 22.9 Å². The fraction of sp³-hybridized carbons (Fsp3) is 0.333. The molecule has 4 nitrogen and oxygen atoms in total. The molecule has 1 aromatic heterocycles. The van der Waals surface area contributed by atoms with Crippen molar-refractivity contribution >= 4 is 0 Å². The first-order chi connectivity index (χ1) is 6.06. The fourth-order valence-corrected chi connectivity index (χ4v) is 1.14. The van der Waals surface area contributed by atoms with Crippen LogP contribution in [0.4, 0.5) is 0 Å². The Hall–Kier alpha value is -1.76. The molecule has 4 heteroatoms. The molecule has 68 valence electrons. The fourth-order valence-electron chi connectivity index (χ4n) is 1.14. The van der Waals surface area contributed by atoms with Gasteiger partial charge in [-0.25, -0.2) is 0 Å². The van der Waals surface area contributed by atoms with E-state index in [9.17, 15) is 9.90 Å². The molecule has 0 aromatic carbocycles. The van der Waals surface area contributed by atoms with E-state index in [4.69, 9.17) is 5.26 Å². The highest BCUT2D eigenvalue weighted by Crippen LogP contribution is 2.21. The first-order valence-corrected chi connectivity index (χ1v) is 3.92. The van der Waals surface area contributed by atoms with Gasteiger partial charge in [-0.05, 0) is 11.5 Å². The van der Waals surface area contributed by atoms with Crippen molar-refractivity contribution in [3.8, 4) is 11.9 Å². The predicted molar refractivity (Wildman–Crippen MR) is 47.5 cm³/mol.